The zero-order valence-electron chi connectivity index (χ0n) is 18.9. The van der Waals surface area contributed by atoms with E-state index in [9.17, 15) is 9.18 Å². The Kier molecular flexibility index (Phi) is 6.52. The van der Waals surface area contributed by atoms with Crippen molar-refractivity contribution in [3.63, 3.8) is 0 Å². The molecule has 0 saturated heterocycles. The van der Waals surface area contributed by atoms with Gasteiger partial charge in [-0.05, 0) is 61.3 Å². The molecule has 0 bridgehead atoms. The van der Waals surface area contributed by atoms with Crippen LogP contribution in [0.2, 0.25) is 0 Å². The monoisotopic (exact) mass is 451 g/mol. The molecule has 4 nitrogen and oxygen atoms in total. The van der Waals surface area contributed by atoms with Crippen LogP contribution in [-0.4, -0.2) is 28.1 Å². The van der Waals surface area contributed by atoms with Gasteiger partial charge in [0.25, 0.3) is 0 Å². The molecule has 1 N–H and O–H groups in total. The maximum Gasteiger partial charge on any atom is 0.234 e. The first-order valence-electron chi connectivity index (χ1n) is 11.2. The summed E-state index contributed by atoms with van der Waals surface area (Å²) in [5, 5.41) is 3.65. The summed E-state index contributed by atoms with van der Waals surface area (Å²) in [6.07, 6.45) is 4.11. The molecule has 0 unspecified atom stereocenters. The van der Waals surface area contributed by atoms with Gasteiger partial charge in [0.2, 0.25) is 5.91 Å². The third kappa shape index (κ3) is 5.29. The van der Waals surface area contributed by atoms with Crippen LogP contribution in [0.1, 0.15) is 52.0 Å². The number of nitrogens with zero attached hydrogens (tertiary/aromatic N) is 2. The molecule has 1 heterocycles. The van der Waals surface area contributed by atoms with E-state index in [1.54, 1.807) is 12.1 Å². The van der Waals surface area contributed by atoms with Crippen LogP contribution in [0, 0.1) is 17.2 Å². The van der Waals surface area contributed by atoms with Crippen LogP contribution < -0.4 is 5.32 Å². The lowest BCUT2D eigenvalue weighted by atomic mass is 9.70. The average molecular weight is 452 g/mol. The van der Waals surface area contributed by atoms with Gasteiger partial charge in [0.05, 0.1) is 11.5 Å². The molecule has 0 radical (unpaired) electrons. The Morgan fingerprint density at radius 3 is 2.34 bits per heavy atom. The predicted molar refractivity (Wildman–Crippen MR) is 132 cm³/mol. The van der Waals surface area contributed by atoms with E-state index in [1.807, 2.05) is 30.3 Å². The Morgan fingerprint density at radius 2 is 1.72 bits per heavy atom. The summed E-state index contributed by atoms with van der Waals surface area (Å²) in [4.78, 5) is 22.7. The van der Waals surface area contributed by atoms with Gasteiger partial charge in [0.15, 0.2) is 5.66 Å². The van der Waals surface area contributed by atoms with E-state index in [0.717, 1.165) is 42.0 Å². The molecule has 6 heteroatoms. The molecule has 4 rings (SSSR count). The smallest absolute Gasteiger partial charge is 0.234 e. The summed E-state index contributed by atoms with van der Waals surface area (Å²) >= 11 is 1.42. The van der Waals surface area contributed by atoms with Gasteiger partial charge in [-0.3, -0.25) is 9.79 Å². The van der Waals surface area contributed by atoms with E-state index in [2.05, 4.69) is 26.1 Å². The van der Waals surface area contributed by atoms with Crippen LogP contribution >= 0.6 is 11.8 Å². The molecule has 2 aliphatic rings. The molecular formula is C26H30FN3OS. The number of nitrogens with one attached hydrogen (secondary N) is 1. The molecular weight excluding hydrogens is 421 g/mol. The zero-order chi connectivity index (χ0) is 22.8. The second-order valence-corrected chi connectivity index (χ2v) is 10.7. The number of rotatable bonds is 4. The van der Waals surface area contributed by atoms with E-state index in [-0.39, 0.29) is 17.5 Å². The maximum atomic E-state index is 13.1. The lowest BCUT2D eigenvalue weighted by Gasteiger charge is -2.39. The third-order valence-corrected chi connectivity index (χ3v) is 7.32. The Bertz CT molecular complexity index is 1020. The number of anilines is 1. The number of thioether (sulfide) groups is 1. The third-order valence-electron chi connectivity index (χ3n) is 6.36. The first-order chi connectivity index (χ1) is 15.2. The van der Waals surface area contributed by atoms with Crippen molar-refractivity contribution in [2.24, 2.45) is 21.3 Å². The predicted octanol–water partition coefficient (Wildman–Crippen LogP) is 6.33. The molecule has 1 aliphatic heterocycles. The van der Waals surface area contributed by atoms with Gasteiger partial charge in [-0.1, -0.05) is 62.9 Å². The van der Waals surface area contributed by atoms with Crippen molar-refractivity contribution in [1.29, 1.82) is 0 Å². The van der Waals surface area contributed by atoms with E-state index >= 15 is 0 Å². The lowest BCUT2D eigenvalue weighted by Crippen LogP contribution is -2.34. The SMILES string of the molecule is CC(C)(C)C1CCC2(CC1)N=C(SCC(=O)Nc1ccc(F)cc1)C(c1ccccc1)=N2. The molecule has 1 amide bonds. The Hall–Kier alpha value is -2.47. The van der Waals surface area contributed by atoms with Crippen molar-refractivity contribution in [3.8, 4) is 0 Å². The van der Waals surface area contributed by atoms with Crippen molar-refractivity contribution in [3.05, 3.63) is 66.0 Å². The summed E-state index contributed by atoms with van der Waals surface area (Å²) in [7, 11) is 0. The van der Waals surface area contributed by atoms with E-state index < -0.39 is 5.66 Å². The fourth-order valence-corrected chi connectivity index (χ4v) is 5.32. The van der Waals surface area contributed by atoms with Crippen LogP contribution in [0.25, 0.3) is 0 Å². The molecule has 2 aromatic carbocycles. The molecule has 2 aromatic rings. The fourth-order valence-electron chi connectivity index (χ4n) is 4.44. The molecule has 1 spiro atoms. The standard InChI is InChI=1S/C26H30FN3OS/c1-25(2,3)19-13-15-26(16-14-19)29-23(18-7-5-4-6-8-18)24(30-26)32-17-22(31)28-21-11-9-20(27)10-12-21/h4-12,19H,13-17H2,1-3H3,(H,28,31). The highest BCUT2D eigenvalue weighted by Crippen LogP contribution is 2.45. The highest BCUT2D eigenvalue weighted by Gasteiger charge is 2.42. The summed E-state index contributed by atoms with van der Waals surface area (Å²) < 4.78 is 13.1. The molecule has 168 valence electrons. The normalized spacial score (nSPS) is 23.1. The zero-order valence-corrected chi connectivity index (χ0v) is 19.7. The number of halogens is 1. The molecule has 1 fully saturated rings. The Balaban J connectivity index is 1.48. The minimum Gasteiger partial charge on any atom is -0.325 e. The van der Waals surface area contributed by atoms with E-state index in [0.29, 0.717) is 17.0 Å². The summed E-state index contributed by atoms with van der Waals surface area (Å²) in [5.41, 5.74) is 2.40. The van der Waals surface area contributed by atoms with Crippen LogP contribution in [0.5, 0.6) is 0 Å². The van der Waals surface area contributed by atoms with Crippen LogP contribution in [-0.2, 0) is 4.79 Å². The topological polar surface area (TPSA) is 53.8 Å². The molecule has 0 aromatic heterocycles. The number of amides is 1. The largest absolute Gasteiger partial charge is 0.325 e. The Labute approximate surface area is 193 Å². The first-order valence-corrected chi connectivity index (χ1v) is 12.2. The quantitative estimate of drug-likeness (QED) is 0.590. The number of carbonyl (C=O) groups is 1. The van der Waals surface area contributed by atoms with Crippen molar-refractivity contribution in [2.75, 3.05) is 11.1 Å². The van der Waals surface area contributed by atoms with Gasteiger partial charge >= 0.3 is 0 Å². The van der Waals surface area contributed by atoms with Crippen LogP contribution in [0.4, 0.5) is 10.1 Å². The van der Waals surface area contributed by atoms with Crippen LogP contribution in [0.15, 0.2) is 64.6 Å². The number of hydrogen-bond donors (Lipinski definition) is 1. The van der Waals surface area contributed by atoms with Crippen molar-refractivity contribution < 1.29 is 9.18 Å². The number of hydrogen-bond acceptors (Lipinski definition) is 4. The van der Waals surface area contributed by atoms with Crippen molar-refractivity contribution in [1.82, 2.24) is 0 Å². The number of aliphatic imine (C=N–C) groups is 2. The highest BCUT2D eigenvalue weighted by atomic mass is 32.2. The van der Waals surface area contributed by atoms with Gasteiger partial charge in [-0.15, -0.1) is 0 Å². The van der Waals surface area contributed by atoms with Gasteiger partial charge in [0, 0.05) is 11.3 Å². The number of carbonyl (C=O) groups excluding carboxylic acids is 1. The Morgan fingerprint density at radius 1 is 1.06 bits per heavy atom. The second-order valence-electron chi connectivity index (χ2n) is 9.71. The summed E-state index contributed by atoms with van der Waals surface area (Å²) in [6.45, 7) is 6.94. The van der Waals surface area contributed by atoms with E-state index in [4.69, 9.17) is 9.98 Å². The summed E-state index contributed by atoms with van der Waals surface area (Å²) in [6, 6.07) is 15.9. The highest BCUT2D eigenvalue weighted by molar-refractivity contribution is 8.16. The van der Waals surface area contributed by atoms with Gasteiger partial charge in [-0.2, -0.15) is 0 Å². The average Bonchev–Trinajstić information content (AvgIpc) is 3.12. The molecule has 0 atom stereocenters. The van der Waals surface area contributed by atoms with Crippen LogP contribution in [0.3, 0.4) is 0 Å². The van der Waals surface area contributed by atoms with Gasteiger partial charge in [-0.25, -0.2) is 9.38 Å². The number of benzene rings is 2. The molecule has 1 aliphatic carbocycles. The minimum absolute atomic E-state index is 0.144. The molecule has 32 heavy (non-hydrogen) atoms. The first kappa shape index (κ1) is 22.7. The van der Waals surface area contributed by atoms with Gasteiger partial charge < -0.3 is 5.32 Å². The maximum absolute atomic E-state index is 13.1. The summed E-state index contributed by atoms with van der Waals surface area (Å²) in [5.74, 6) is 0.432. The fraction of sp³-hybridized carbons (Fsp3) is 0.423. The second kappa shape index (κ2) is 9.18. The molecule has 1 saturated carbocycles. The lowest BCUT2D eigenvalue weighted by molar-refractivity contribution is -0.113. The minimum atomic E-state index is -0.400. The van der Waals surface area contributed by atoms with Crippen molar-refractivity contribution >= 4 is 34.1 Å². The van der Waals surface area contributed by atoms with Gasteiger partial charge in [0.1, 0.15) is 10.9 Å². The van der Waals surface area contributed by atoms with Crippen molar-refractivity contribution in [2.45, 2.75) is 52.1 Å². The van der Waals surface area contributed by atoms with E-state index in [1.165, 1.54) is 23.9 Å².